The summed E-state index contributed by atoms with van der Waals surface area (Å²) in [5.74, 6) is -8.74. The first-order valence-corrected chi connectivity index (χ1v) is 12.6. The molecule has 0 spiro atoms. The van der Waals surface area contributed by atoms with Crippen molar-refractivity contribution in [2.45, 2.75) is 57.7 Å². The van der Waals surface area contributed by atoms with Crippen LogP contribution in [-0.2, 0) is 4.74 Å². The molecule has 0 atom stereocenters. The lowest BCUT2D eigenvalue weighted by Gasteiger charge is -2.29. The summed E-state index contributed by atoms with van der Waals surface area (Å²) in [5, 5.41) is 0. The number of hydrogen-bond acceptors (Lipinski definition) is 2. The first-order valence-electron chi connectivity index (χ1n) is 12.6. The van der Waals surface area contributed by atoms with Crippen LogP contribution in [0.2, 0.25) is 0 Å². The van der Waals surface area contributed by atoms with E-state index in [1.807, 2.05) is 0 Å². The third-order valence-electron chi connectivity index (χ3n) is 6.81. The topological polar surface area (TPSA) is 18.5 Å². The van der Waals surface area contributed by atoms with Gasteiger partial charge in [0.15, 0.2) is 24.1 Å². The van der Waals surface area contributed by atoms with E-state index in [1.165, 1.54) is 0 Å². The van der Waals surface area contributed by atoms with Gasteiger partial charge in [-0.1, -0.05) is 31.9 Å². The van der Waals surface area contributed by atoms with Crippen LogP contribution in [0.5, 0.6) is 5.75 Å². The average Bonchev–Trinajstić information content (AvgIpc) is 2.86. The van der Waals surface area contributed by atoms with Gasteiger partial charge in [-0.15, -0.1) is 0 Å². The standard InChI is InChI=1S/C29H26F8O2/c1-2-3-16-4-7-19(8-5-16)38-15-29(36,37)39-20-13-23(31)27(24(32)14-20)17-6-9-21(22(30)10-17)18-11-25(33)28(35)26(34)12-18/h6,9-14,16,19H,2-5,7-8,15H2,1H3. The number of halogens is 8. The fourth-order valence-electron chi connectivity index (χ4n) is 4.91. The van der Waals surface area contributed by atoms with Crippen molar-refractivity contribution in [2.24, 2.45) is 5.92 Å². The summed E-state index contributed by atoms with van der Waals surface area (Å²) in [5.41, 5.74) is -1.73. The zero-order valence-electron chi connectivity index (χ0n) is 21.0. The summed E-state index contributed by atoms with van der Waals surface area (Å²) >= 11 is 0. The van der Waals surface area contributed by atoms with Crippen molar-refractivity contribution in [2.75, 3.05) is 6.61 Å². The average molecular weight is 559 g/mol. The van der Waals surface area contributed by atoms with Crippen molar-refractivity contribution < 1.29 is 44.6 Å². The second-order valence-electron chi connectivity index (χ2n) is 9.69. The third-order valence-corrected chi connectivity index (χ3v) is 6.81. The monoisotopic (exact) mass is 558 g/mol. The van der Waals surface area contributed by atoms with Crippen LogP contribution in [0, 0.1) is 40.8 Å². The van der Waals surface area contributed by atoms with Gasteiger partial charge in [-0.3, -0.25) is 0 Å². The maximum absolute atomic E-state index is 14.8. The highest BCUT2D eigenvalue weighted by molar-refractivity contribution is 5.72. The number of benzene rings is 3. The Balaban J connectivity index is 1.46. The Morgan fingerprint density at radius 3 is 1.90 bits per heavy atom. The van der Waals surface area contributed by atoms with Crippen molar-refractivity contribution in [1.29, 1.82) is 0 Å². The first-order chi connectivity index (χ1) is 18.5. The molecule has 1 fully saturated rings. The molecule has 0 amide bonds. The molecule has 0 unspecified atom stereocenters. The maximum Gasteiger partial charge on any atom is 0.421 e. The minimum atomic E-state index is -3.85. The molecular weight excluding hydrogens is 532 g/mol. The van der Waals surface area contributed by atoms with E-state index in [0.717, 1.165) is 37.8 Å². The molecule has 3 aromatic rings. The van der Waals surface area contributed by atoms with Crippen LogP contribution in [0.25, 0.3) is 22.3 Å². The molecule has 3 aromatic carbocycles. The highest BCUT2D eigenvalue weighted by atomic mass is 19.3. The van der Waals surface area contributed by atoms with Gasteiger partial charge in [0, 0.05) is 17.7 Å². The molecule has 0 N–H and O–H groups in total. The quantitative estimate of drug-likeness (QED) is 0.193. The maximum atomic E-state index is 14.8. The van der Waals surface area contributed by atoms with Gasteiger partial charge in [-0.25, -0.2) is 26.3 Å². The SMILES string of the molecule is CCCC1CCC(OCC(F)(F)Oc2cc(F)c(-c3ccc(-c4cc(F)c(F)c(F)c4)c(F)c3)c(F)c2)CC1. The summed E-state index contributed by atoms with van der Waals surface area (Å²) in [7, 11) is 0. The van der Waals surface area contributed by atoms with Gasteiger partial charge in [-0.05, 0) is 60.9 Å². The molecule has 210 valence electrons. The molecular formula is C29H26F8O2. The zero-order valence-corrected chi connectivity index (χ0v) is 21.0. The second-order valence-corrected chi connectivity index (χ2v) is 9.69. The lowest BCUT2D eigenvalue weighted by molar-refractivity contribution is -0.222. The van der Waals surface area contributed by atoms with Crippen LogP contribution in [0.15, 0.2) is 42.5 Å². The number of alkyl halides is 2. The van der Waals surface area contributed by atoms with Crippen molar-refractivity contribution in [3.05, 3.63) is 77.4 Å². The van der Waals surface area contributed by atoms with Crippen molar-refractivity contribution in [1.82, 2.24) is 0 Å². The summed E-state index contributed by atoms with van der Waals surface area (Å²) in [6, 6.07) is 5.00. The van der Waals surface area contributed by atoms with E-state index in [2.05, 4.69) is 11.7 Å². The summed E-state index contributed by atoms with van der Waals surface area (Å²) in [6.45, 7) is 1.01. The molecule has 2 nitrogen and oxygen atoms in total. The van der Waals surface area contributed by atoms with Gasteiger partial charge in [0.05, 0.1) is 11.7 Å². The van der Waals surface area contributed by atoms with E-state index in [4.69, 9.17) is 4.74 Å². The smallest absolute Gasteiger partial charge is 0.421 e. The first kappa shape index (κ1) is 28.9. The molecule has 0 aromatic heterocycles. The van der Waals surface area contributed by atoms with Crippen molar-refractivity contribution in [3.8, 4) is 28.0 Å². The van der Waals surface area contributed by atoms with Gasteiger partial charge in [0.25, 0.3) is 0 Å². The van der Waals surface area contributed by atoms with Gasteiger partial charge in [0.1, 0.15) is 23.2 Å². The Hall–Kier alpha value is -3.14. The lowest BCUT2D eigenvalue weighted by Crippen LogP contribution is -2.34. The van der Waals surface area contributed by atoms with Crippen LogP contribution in [0.1, 0.15) is 45.4 Å². The predicted octanol–water partition coefficient (Wildman–Crippen LogP) is 9.20. The third kappa shape index (κ3) is 6.90. The second kappa shape index (κ2) is 11.9. The van der Waals surface area contributed by atoms with Gasteiger partial charge in [0.2, 0.25) is 0 Å². The molecule has 39 heavy (non-hydrogen) atoms. The minimum Gasteiger partial charge on any atom is -0.431 e. The van der Waals surface area contributed by atoms with Crippen molar-refractivity contribution in [3.63, 3.8) is 0 Å². The molecule has 0 radical (unpaired) electrons. The number of ether oxygens (including phenoxy) is 2. The number of hydrogen-bond donors (Lipinski definition) is 0. The molecule has 1 saturated carbocycles. The van der Waals surface area contributed by atoms with Crippen LogP contribution in [0.3, 0.4) is 0 Å². The fraction of sp³-hybridized carbons (Fsp3) is 0.379. The molecule has 10 heteroatoms. The van der Waals surface area contributed by atoms with E-state index >= 15 is 0 Å². The molecule has 0 aliphatic heterocycles. The molecule has 0 bridgehead atoms. The van der Waals surface area contributed by atoms with E-state index in [0.29, 0.717) is 49.1 Å². The highest BCUT2D eigenvalue weighted by Crippen LogP contribution is 2.35. The largest absolute Gasteiger partial charge is 0.431 e. The molecule has 0 saturated heterocycles. The van der Waals surface area contributed by atoms with Gasteiger partial charge in [-0.2, -0.15) is 8.78 Å². The molecule has 1 aliphatic carbocycles. The molecule has 1 aliphatic rings. The lowest BCUT2D eigenvalue weighted by atomic mass is 9.85. The molecule has 4 rings (SSSR count). The van der Waals surface area contributed by atoms with Crippen LogP contribution >= 0.6 is 0 Å². The van der Waals surface area contributed by atoms with Gasteiger partial charge >= 0.3 is 6.11 Å². The Morgan fingerprint density at radius 2 is 1.33 bits per heavy atom. The van der Waals surface area contributed by atoms with Crippen LogP contribution in [0.4, 0.5) is 35.1 Å². The van der Waals surface area contributed by atoms with Gasteiger partial charge < -0.3 is 9.47 Å². The Morgan fingerprint density at radius 1 is 0.744 bits per heavy atom. The van der Waals surface area contributed by atoms with E-state index in [1.54, 1.807) is 0 Å². The highest BCUT2D eigenvalue weighted by Gasteiger charge is 2.35. The van der Waals surface area contributed by atoms with E-state index in [9.17, 15) is 35.1 Å². The van der Waals surface area contributed by atoms with E-state index in [-0.39, 0.29) is 22.8 Å². The minimum absolute atomic E-state index is 0.311. The van der Waals surface area contributed by atoms with Crippen molar-refractivity contribution >= 4 is 0 Å². The zero-order chi connectivity index (χ0) is 28.3. The fourth-order valence-corrected chi connectivity index (χ4v) is 4.91. The van der Waals surface area contributed by atoms with Crippen LogP contribution < -0.4 is 4.74 Å². The predicted molar refractivity (Wildman–Crippen MR) is 129 cm³/mol. The Bertz CT molecular complexity index is 1270. The number of rotatable bonds is 9. The summed E-state index contributed by atoms with van der Waals surface area (Å²) < 4.78 is 123. The molecule has 0 heterocycles. The Kier molecular flexibility index (Phi) is 8.83. The Labute approximate surface area is 220 Å². The summed E-state index contributed by atoms with van der Waals surface area (Å²) in [6.07, 6.45) is 1.04. The van der Waals surface area contributed by atoms with E-state index < -0.39 is 58.9 Å². The summed E-state index contributed by atoms with van der Waals surface area (Å²) in [4.78, 5) is 0. The normalized spacial score (nSPS) is 17.9. The van der Waals surface area contributed by atoms with Crippen LogP contribution in [-0.4, -0.2) is 18.8 Å².